The maximum Gasteiger partial charge on any atom is 0.255 e. The molecule has 0 fully saturated rings. The minimum Gasteiger partial charge on any atom is -0.322 e. The lowest BCUT2D eigenvalue weighted by Gasteiger charge is -2.06. The van der Waals surface area contributed by atoms with Crippen LogP contribution in [0.15, 0.2) is 46.9 Å². The van der Waals surface area contributed by atoms with Gasteiger partial charge in [0.2, 0.25) is 0 Å². The van der Waals surface area contributed by atoms with Gasteiger partial charge in [0.15, 0.2) is 0 Å². The van der Waals surface area contributed by atoms with Crippen LogP contribution in [0.5, 0.6) is 0 Å². The fourth-order valence-electron chi connectivity index (χ4n) is 1.48. The van der Waals surface area contributed by atoms with E-state index in [-0.39, 0.29) is 5.91 Å². The van der Waals surface area contributed by atoms with Crippen molar-refractivity contribution in [2.24, 2.45) is 0 Å². The molecule has 0 saturated heterocycles. The van der Waals surface area contributed by atoms with E-state index in [0.29, 0.717) is 5.56 Å². The normalized spacial score (nSPS) is 10.2. The second-order valence-electron chi connectivity index (χ2n) is 3.95. The van der Waals surface area contributed by atoms with E-state index in [2.05, 4.69) is 43.8 Å². The molecule has 92 valence electrons. The van der Waals surface area contributed by atoms with Crippen molar-refractivity contribution in [3.05, 3.63) is 61.6 Å². The molecule has 0 aliphatic carbocycles. The Kier molecular flexibility index (Phi) is 4.40. The molecule has 1 N–H and O–H groups in total. The van der Waals surface area contributed by atoms with Gasteiger partial charge < -0.3 is 5.32 Å². The largest absolute Gasteiger partial charge is 0.322 e. The molecule has 0 bridgehead atoms. The lowest BCUT2D eigenvalue weighted by atomic mass is 10.1. The number of aryl methyl sites for hydroxylation is 1. The molecule has 0 radical (unpaired) electrons. The van der Waals surface area contributed by atoms with Crippen LogP contribution < -0.4 is 5.32 Å². The number of nitrogens with one attached hydrogen (secondary N) is 1. The van der Waals surface area contributed by atoms with Gasteiger partial charge in [0.1, 0.15) is 0 Å². The standard InChI is InChI=1S/C14H11BrINO/c1-9-2-4-10(5-3-9)14(18)17-11-6-7-13(16)12(15)8-11/h2-8H,1H3,(H,17,18). The fourth-order valence-corrected chi connectivity index (χ4v) is 2.20. The molecule has 4 heteroatoms. The summed E-state index contributed by atoms with van der Waals surface area (Å²) in [6.45, 7) is 2.00. The average molecular weight is 416 g/mol. The van der Waals surface area contributed by atoms with Crippen LogP contribution in [0.3, 0.4) is 0 Å². The van der Waals surface area contributed by atoms with Crippen molar-refractivity contribution in [2.45, 2.75) is 6.92 Å². The Morgan fingerprint density at radius 2 is 1.83 bits per heavy atom. The molecule has 2 aromatic rings. The molecule has 0 aliphatic rings. The second kappa shape index (κ2) is 5.84. The van der Waals surface area contributed by atoms with Gasteiger partial charge in [0, 0.05) is 19.3 Å². The van der Waals surface area contributed by atoms with Gasteiger partial charge in [-0.3, -0.25) is 4.79 Å². The summed E-state index contributed by atoms with van der Waals surface area (Å²) < 4.78 is 2.09. The van der Waals surface area contributed by atoms with Gasteiger partial charge in [0.25, 0.3) is 5.91 Å². The number of hydrogen-bond acceptors (Lipinski definition) is 1. The molecule has 0 aromatic heterocycles. The van der Waals surface area contributed by atoms with Gasteiger partial charge >= 0.3 is 0 Å². The Morgan fingerprint density at radius 1 is 1.17 bits per heavy atom. The Morgan fingerprint density at radius 3 is 2.44 bits per heavy atom. The molecule has 0 atom stereocenters. The van der Waals surface area contributed by atoms with E-state index in [0.717, 1.165) is 19.3 Å². The summed E-state index contributed by atoms with van der Waals surface area (Å²) in [5.41, 5.74) is 2.59. The lowest BCUT2D eigenvalue weighted by Crippen LogP contribution is -2.11. The first-order valence-corrected chi connectivity index (χ1v) is 7.26. The van der Waals surface area contributed by atoms with Crippen LogP contribution in [0, 0.1) is 10.5 Å². The van der Waals surface area contributed by atoms with Crippen LogP contribution in [0.1, 0.15) is 15.9 Å². The summed E-state index contributed by atoms with van der Waals surface area (Å²) >= 11 is 5.67. The van der Waals surface area contributed by atoms with E-state index in [4.69, 9.17) is 0 Å². The number of rotatable bonds is 2. The van der Waals surface area contributed by atoms with Gasteiger partial charge in [-0.1, -0.05) is 17.7 Å². The van der Waals surface area contributed by atoms with Crippen LogP contribution in [0.2, 0.25) is 0 Å². The Labute approximate surface area is 128 Å². The second-order valence-corrected chi connectivity index (χ2v) is 5.97. The molecule has 0 aliphatic heterocycles. The molecule has 2 rings (SSSR count). The summed E-state index contributed by atoms with van der Waals surface area (Å²) in [6.07, 6.45) is 0. The average Bonchev–Trinajstić information content (AvgIpc) is 2.34. The Bertz CT molecular complexity index is 581. The molecule has 0 unspecified atom stereocenters. The lowest BCUT2D eigenvalue weighted by molar-refractivity contribution is 0.102. The van der Waals surface area contributed by atoms with Gasteiger partial charge in [-0.05, 0) is 75.8 Å². The fraction of sp³-hybridized carbons (Fsp3) is 0.0714. The first-order valence-electron chi connectivity index (χ1n) is 5.39. The first kappa shape index (κ1) is 13.5. The number of amides is 1. The molecule has 18 heavy (non-hydrogen) atoms. The van der Waals surface area contributed by atoms with E-state index in [1.54, 1.807) is 0 Å². The third-order valence-electron chi connectivity index (χ3n) is 2.49. The summed E-state index contributed by atoms with van der Waals surface area (Å²) in [4.78, 5) is 12.0. The quantitative estimate of drug-likeness (QED) is 0.712. The minimum atomic E-state index is -0.0943. The van der Waals surface area contributed by atoms with Crippen molar-refractivity contribution in [3.63, 3.8) is 0 Å². The highest BCUT2D eigenvalue weighted by Crippen LogP contribution is 2.23. The van der Waals surface area contributed by atoms with Crippen molar-refractivity contribution >= 4 is 50.1 Å². The Hall–Kier alpha value is -0.880. The van der Waals surface area contributed by atoms with Gasteiger partial charge in [-0.15, -0.1) is 0 Å². The maximum absolute atomic E-state index is 12.0. The number of benzene rings is 2. The highest BCUT2D eigenvalue weighted by atomic mass is 127. The van der Waals surface area contributed by atoms with Crippen LogP contribution in [0.4, 0.5) is 5.69 Å². The minimum absolute atomic E-state index is 0.0943. The highest BCUT2D eigenvalue weighted by molar-refractivity contribution is 14.1. The molecule has 1 amide bonds. The summed E-state index contributed by atoms with van der Waals surface area (Å²) in [6, 6.07) is 13.2. The molecule has 2 aromatic carbocycles. The zero-order valence-electron chi connectivity index (χ0n) is 9.71. The zero-order valence-corrected chi connectivity index (χ0v) is 13.4. The van der Waals surface area contributed by atoms with Crippen LogP contribution in [-0.4, -0.2) is 5.91 Å². The van der Waals surface area contributed by atoms with E-state index in [9.17, 15) is 4.79 Å². The van der Waals surface area contributed by atoms with Crippen LogP contribution >= 0.6 is 38.5 Å². The molecule has 0 heterocycles. The van der Waals surface area contributed by atoms with Crippen molar-refractivity contribution in [1.29, 1.82) is 0 Å². The third-order valence-corrected chi connectivity index (χ3v) is 4.83. The number of hydrogen-bond donors (Lipinski definition) is 1. The summed E-state index contributed by atoms with van der Waals surface area (Å²) in [5, 5.41) is 2.87. The molecular weight excluding hydrogens is 405 g/mol. The molecule has 2 nitrogen and oxygen atoms in total. The van der Waals surface area contributed by atoms with E-state index >= 15 is 0 Å². The van der Waals surface area contributed by atoms with Gasteiger partial charge in [-0.25, -0.2) is 0 Å². The van der Waals surface area contributed by atoms with Crippen molar-refractivity contribution < 1.29 is 4.79 Å². The smallest absolute Gasteiger partial charge is 0.255 e. The summed E-state index contributed by atoms with van der Waals surface area (Å²) in [5.74, 6) is -0.0943. The molecule has 0 saturated carbocycles. The topological polar surface area (TPSA) is 29.1 Å². The molecular formula is C14H11BrINO. The van der Waals surface area contributed by atoms with Gasteiger partial charge in [-0.2, -0.15) is 0 Å². The summed E-state index contributed by atoms with van der Waals surface area (Å²) in [7, 11) is 0. The molecule has 0 spiro atoms. The zero-order chi connectivity index (χ0) is 13.1. The van der Waals surface area contributed by atoms with E-state index < -0.39 is 0 Å². The van der Waals surface area contributed by atoms with Crippen molar-refractivity contribution in [2.75, 3.05) is 5.32 Å². The van der Waals surface area contributed by atoms with Gasteiger partial charge in [0.05, 0.1) is 0 Å². The van der Waals surface area contributed by atoms with Crippen molar-refractivity contribution in [1.82, 2.24) is 0 Å². The Balaban J connectivity index is 2.16. The monoisotopic (exact) mass is 415 g/mol. The first-order chi connectivity index (χ1) is 8.56. The number of halogens is 2. The maximum atomic E-state index is 12.0. The third kappa shape index (κ3) is 3.32. The predicted molar refractivity (Wildman–Crippen MR) is 86.0 cm³/mol. The number of anilines is 1. The van der Waals surface area contributed by atoms with Crippen molar-refractivity contribution in [3.8, 4) is 0 Å². The predicted octanol–water partition coefficient (Wildman–Crippen LogP) is 4.61. The number of carbonyl (C=O) groups excluding carboxylic acids is 1. The van der Waals surface area contributed by atoms with Crippen LogP contribution in [0.25, 0.3) is 0 Å². The van der Waals surface area contributed by atoms with E-state index in [1.165, 1.54) is 0 Å². The SMILES string of the molecule is Cc1ccc(C(=O)Nc2ccc(I)c(Br)c2)cc1. The van der Waals surface area contributed by atoms with E-state index in [1.807, 2.05) is 49.4 Å². The highest BCUT2D eigenvalue weighted by Gasteiger charge is 2.06. The van der Waals surface area contributed by atoms with Crippen LogP contribution in [-0.2, 0) is 0 Å². The number of carbonyl (C=O) groups is 1.